The van der Waals surface area contributed by atoms with E-state index >= 15 is 0 Å². The fourth-order valence-corrected chi connectivity index (χ4v) is 0.673. The number of hydrogen-bond acceptors (Lipinski definition) is 3. The molecule has 1 aliphatic rings. The maximum Gasteiger partial charge on any atom is 0.219 e. The van der Waals surface area contributed by atoms with Crippen LogP contribution in [0.4, 0.5) is 0 Å². The van der Waals surface area contributed by atoms with E-state index in [4.69, 9.17) is 4.80 Å². The Morgan fingerprint density at radius 1 is 1.67 bits per heavy atom. The van der Waals surface area contributed by atoms with Crippen LogP contribution in [0.25, 0.3) is 0 Å². The van der Waals surface area contributed by atoms with E-state index in [1.807, 2.05) is 0 Å². The van der Waals surface area contributed by atoms with Crippen molar-refractivity contribution in [2.24, 2.45) is 0 Å². The molecule has 1 N–H and O–H groups in total. The zero-order chi connectivity index (χ0) is 4.41. The van der Waals surface area contributed by atoms with Gasteiger partial charge < -0.3 is 14.3 Å². The number of hydrogen-bond donors (Lipinski definition) is 1. The normalized spacial score (nSPS) is 25.5. The molecule has 1 aliphatic heterocycles. The van der Waals surface area contributed by atoms with Gasteiger partial charge in [-0.1, -0.05) is 0 Å². The van der Waals surface area contributed by atoms with Crippen molar-refractivity contribution in [1.29, 1.82) is 0 Å². The molecule has 1 heterocycles. The summed E-state index contributed by atoms with van der Waals surface area (Å²) >= 11 is 0. The molecule has 0 amide bonds. The molecule has 4 heteroatoms. The lowest BCUT2D eigenvalue weighted by Gasteiger charge is -2.23. The van der Waals surface area contributed by atoms with Gasteiger partial charge in [-0.2, -0.15) is 0 Å². The molecule has 0 spiro atoms. The summed E-state index contributed by atoms with van der Waals surface area (Å²) in [5.41, 5.74) is 0. The summed E-state index contributed by atoms with van der Waals surface area (Å²) in [7, 11) is -1.02. The summed E-state index contributed by atoms with van der Waals surface area (Å²) < 4.78 is 9.34. The van der Waals surface area contributed by atoms with Crippen molar-refractivity contribution in [3.05, 3.63) is 0 Å². The van der Waals surface area contributed by atoms with Crippen molar-refractivity contribution in [2.45, 2.75) is 5.91 Å². The zero-order valence-corrected chi connectivity index (χ0v) is 4.67. The van der Waals surface area contributed by atoms with E-state index < -0.39 is 9.76 Å². The van der Waals surface area contributed by atoms with Gasteiger partial charge >= 0.3 is 0 Å². The smallest absolute Gasteiger partial charge is 0.219 e. The van der Waals surface area contributed by atoms with E-state index in [-0.39, 0.29) is 5.91 Å². The Hall–Kier alpha value is 0.0969. The van der Waals surface area contributed by atoms with Gasteiger partial charge in [0.1, 0.15) is 0 Å². The standard InChI is InChI=1S/C2H6O3Si/c3-6-2-4-1-5-2/h2-3H,1,6H2. The average Bonchev–Trinajstić information content (AvgIpc) is 1.31. The van der Waals surface area contributed by atoms with Gasteiger partial charge in [-0.3, -0.25) is 0 Å². The minimum absolute atomic E-state index is 0.190. The Morgan fingerprint density at radius 3 is 2.33 bits per heavy atom. The number of rotatable bonds is 1. The third kappa shape index (κ3) is 0.599. The maximum atomic E-state index is 8.27. The molecular formula is C2H6O3Si. The third-order valence-corrected chi connectivity index (χ3v) is 1.43. The van der Waals surface area contributed by atoms with Crippen molar-refractivity contribution in [2.75, 3.05) is 6.79 Å². The first kappa shape index (κ1) is 4.26. The highest BCUT2D eigenvalue weighted by Gasteiger charge is 2.16. The van der Waals surface area contributed by atoms with Gasteiger partial charge in [0, 0.05) is 0 Å². The Labute approximate surface area is 37.8 Å². The summed E-state index contributed by atoms with van der Waals surface area (Å²) in [5, 5.41) is 0. The summed E-state index contributed by atoms with van der Waals surface area (Å²) in [6, 6.07) is 0. The molecule has 6 heavy (non-hydrogen) atoms. The first-order valence-corrected chi connectivity index (χ1v) is 3.22. The van der Waals surface area contributed by atoms with Crippen LogP contribution in [0.2, 0.25) is 0 Å². The second kappa shape index (κ2) is 1.70. The Bertz CT molecular complexity index is 41.3. The van der Waals surface area contributed by atoms with Gasteiger partial charge in [0.15, 0.2) is 12.7 Å². The number of ether oxygens (including phenoxy) is 2. The Balaban J connectivity index is 2.01. The first-order valence-electron chi connectivity index (χ1n) is 1.77. The van der Waals surface area contributed by atoms with Crippen LogP contribution in [0.15, 0.2) is 0 Å². The monoisotopic (exact) mass is 106 g/mol. The van der Waals surface area contributed by atoms with Gasteiger partial charge in [-0.05, 0) is 0 Å². The highest BCUT2D eigenvalue weighted by molar-refractivity contribution is 6.26. The molecule has 0 unspecified atom stereocenters. The predicted octanol–water partition coefficient (Wildman–Crippen LogP) is -1.65. The molecule has 3 nitrogen and oxygen atoms in total. The van der Waals surface area contributed by atoms with Crippen LogP contribution < -0.4 is 0 Å². The molecule has 0 saturated carbocycles. The van der Waals surface area contributed by atoms with E-state index in [0.717, 1.165) is 0 Å². The van der Waals surface area contributed by atoms with Crippen LogP contribution in [0.5, 0.6) is 0 Å². The predicted molar refractivity (Wildman–Crippen MR) is 21.6 cm³/mol. The minimum Gasteiger partial charge on any atom is -0.432 e. The lowest BCUT2D eigenvalue weighted by Crippen LogP contribution is -2.35. The topological polar surface area (TPSA) is 38.7 Å². The molecule has 36 valence electrons. The van der Waals surface area contributed by atoms with Crippen molar-refractivity contribution in [3.63, 3.8) is 0 Å². The van der Waals surface area contributed by atoms with E-state index in [1.54, 1.807) is 0 Å². The Morgan fingerprint density at radius 2 is 2.33 bits per heavy atom. The van der Waals surface area contributed by atoms with Crippen LogP contribution in [-0.2, 0) is 9.47 Å². The van der Waals surface area contributed by atoms with E-state index in [1.165, 1.54) is 0 Å². The lowest BCUT2D eigenvalue weighted by atomic mass is 11.2. The maximum absolute atomic E-state index is 8.27. The van der Waals surface area contributed by atoms with E-state index in [0.29, 0.717) is 6.79 Å². The molecule has 0 aromatic heterocycles. The molecule has 1 rings (SSSR count). The summed E-state index contributed by atoms with van der Waals surface area (Å²) in [5.74, 6) is -0.190. The van der Waals surface area contributed by atoms with Gasteiger partial charge in [0.05, 0.1) is 0 Å². The fraction of sp³-hybridized carbons (Fsp3) is 1.00. The van der Waals surface area contributed by atoms with E-state index in [9.17, 15) is 0 Å². The molecule has 0 aromatic carbocycles. The first-order chi connectivity index (χ1) is 2.93. The second-order valence-corrected chi connectivity index (χ2v) is 2.10. The fourth-order valence-electron chi connectivity index (χ4n) is 0.270. The average molecular weight is 106 g/mol. The summed E-state index contributed by atoms with van der Waals surface area (Å²) in [4.78, 5) is 8.27. The largest absolute Gasteiger partial charge is 0.432 e. The highest BCUT2D eigenvalue weighted by Crippen LogP contribution is 2.01. The zero-order valence-electron chi connectivity index (χ0n) is 3.26. The molecule has 0 radical (unpaired) electrons. The van der Waals surface area contributed by atoms with Crippen molar-refractivity contribution in [1.82, 2.24) is 0 Å². The summed E-state index contributed by atoms with van der Waals surface area (Å²) in [6.45, 7) is 0.373. The van der Waals surface area contributed by atoms with Crippen molar-refractivity contribution < 1.29 is 14.3 Å². The molecule has 0 aliphatic carbocycles. The molecule has 1 fully saturated rings. The molecule has 0 aromatic rings. The lowest BCUT2D eigenvalue weighted by molar-refractivity contribution is -0.282. The Kier molecular flexibility index (Phi) is 1.21. The van der Waals surface area contributed by atoms with Crippen LogP contribution in [0.1, 0.15) is 0 Å². The van der Waals surface area contributed by atoms with Gasteiger partial charge in [-0.25, -0.2) is 0 Å². The van der Waals surface area contributed by atoms with Gasteiger partial charge in [-0.15, -0.1) is 0 Å². The third-order valence-electron chi connectivity index (χ3n) is 0.657. The second-order valence-electron chi connectivity index (χ2n) is 1.06. The molecular weight excluding hydrogens is 100 g/mol. The van der Waals surface area contributed by atoms with Gasteiger partial charge in [0.2, 0.25) is 9.76 Å². The minimum atomic E-state index is -1.02. The molecule has 1 saturated heterocycles. The van der Waals surface area contributed by atoms with Crippen LogP contribution in [0.3, 0.4) is 0 Å². The van der Waals surface area contributed by atoms with Crippen molar-refractivity contribution >= 4 is 9.76 Å². The van der Waals surface area contributed by atoms with E-state index in [2.05, 4.69) is 9.47 Å². The highest BCUT2D eigenvalue weighted by atomic mass is 28.2. The SMILES string of the molecule is O[SiH2]C1OCO1. The van der Waals surface area contributed by atoms with Crippen LogP contribution >= 0.6 is 0 Å². The molecule has 0 atom stereocenters. The molecule has 0 bridgehead atoms. The van der Waals surface area contributed by atoms with Crippen molar-refractivity contribution in [3.8, 4) is 0 Å². The van der Waals surface area contributed by atoms with Gasteiger partial charge in [0.25, 0.3) is 0 Å². The quantitative estimate of drug-likeness (QED) is 0.407. The summed E-state index contributed by atoms with van der Waals surface area (Å²) in [6.07, 6.45) is 0. The van der Waals surface area contributed by atoms with Crippen LogP contribution in [0, 0.1) is 0 Å². The van der Waals surface area contributed by atoms with Crippen LogP contribution in [-0.4, -0.2) is 27.3 Å².